The van der Waals surface area contributed by atoms with Crippen molar-refractivity contribution >= 4 is 50.5 Å². The van der Waals surface area contributed by atoms with Crippen molar-refractivity contribution in [1.82, 2.24) is 5.43 Å². The topological polar surface area (TPSA) is 70.6 Å². The van der Waals surface area contributed by atoms with Gasteiger partial charge in [-0.1, -0.05) is 26.0 Å². The molecule has 138 valence electrons. The van der Waals surface area contributed by atoms with E-state index in [-0.39, 0.29) is 17.7 Å². The molecule has 0 aliphatic rings. The van der Waals surface area contributed by atoms with Gasteiger partial charge in [0.15, 0.2) is 0 Å². The third kappa shape index (κ3) is 5.51. The van der Waals surface area contributed by atoms with Crippen molar-refractivity contribution in [3.8, 4) is 0 Å². The summed E-state index contributed by atoms with van der Waals surface area (Å²) in [5.41, 5.74) is 4.78. The molecule has 0 radical (unpaired) electrons. The Labute approximate surface area is 166 Å². The number of halogens is 1. The summed E-state index contributed by atoms with van der Waals surface area (Å²) in [6, 6.07) is 11.0. The van der Waals surface area contributed by atoms with Crippen LogP contribution in [-0.4, -0.2) is 17.5 Å². The van der Waals surface area contributed by atoms with E-state index >= 15 is 0 Å². The average Bonchev–Trinajstić information content (AvgIpc) is 3.07. The van der Waals surface area contributed by atoms with E-state index in [4.69, 9.17) is 0 Å². The van der Waals surface area contributed by atoms with Crippen LogP contribution in [0.1, 0.15) is 48.8 Å². The number of rotatable bonds is 7. The highest BCUT2D eigenvalue weighted by molar-refractivity contribution is 9.11. The van der Waals surface area contributed by atoms with Gasteiger partial charge in [0.25, 0.3) is 5.91 Å². The van der Waals surface area contributed by atoms with Crippen molar-refractivity contribution in [3.63, 3.8) is 0 Å². The molecule has 0 saturated carbocycles. The van der Waals surface area contributed by atoms with E-state index in [0.29, 0.717) is 10.6 Å². The van der Waals surface area contributed by atoms with Crippen molar-refractivity contribution in [1.29, 1.82) is 0 Å². The maximum absolute atomic E-state index is 12.2. The predicted molar refractivity (Wildman–Crippen MR) is 111 cm³/mol. The number of thiophene rings is 1. The number of nitrogens with zero attached hydrogens (tertiary/aromatic N) is 1. The second kappa shape index (κ2) is 9.64. The van der Waals surface area contributed by atoms with Gasteiger partial charge in [-0.05, 0) is 65.5 Å². The maximum atomic E-state index is 12.2. The number of nitrogens with one attached hydrogen (secondary N) is 2. The highest BCUT2D eigenvalue weighted by Crippen LogP contribution is 2.22. The van der Waals surface area contributed by atoms with Crippen molar-refractivity contribution in [2.75, 3.05) is 5.32 Å². The van der Waals surface area contributed by atoms with Gasteiger partial charge in [-0.15, -0.1) is 11.3 Å². The van der Waals surface area contributed by atoms with E-state index in [0.717, 1.165) is 27.9 Å². The number of anilines is 1. The first kappa shape index (κ1) is 20.3. The molecular weight excluding hydrogens is 414 g/mol. The lowest BCUT2D eigenvalue weighted by Crippen LogP contribution is -2.21. The van der Waals surface area contributed by atoms with E-state index in [1.807, 2.05) is 51.1 Å². The second-order valence-corrected chi connectivity index (χ2v) is 8.29. The van der Waals surface area contributed by atoms with Gasteiger partial charge < -0.3 is 5.32 Å². The molecule has 2 aromatic rings. The predicted octanol–water partition coefficient (Wildman–Crippen LogP) is 5.04. The van der Waals surface area contributed by atoms with Gasteiger partial charge in [-0.3, -0.25) is 9.59 Å². The van der Waals surface area contributed by atoms with Crippen LogP contribution >= 0.6 is 27.3 Å². The number of amides is 2. The third-order valence-electron chi connectivity index (χ3n) is 4.03. The van der Waals surface area contributed by atoms with Crippen LogP contribution in [0, 0.1) is 5.92 Å². The minimum absolute atomic E-state index is 0.0119. The summed E-state index contributed by atoms with van der Waals surface area (Å²) < 4.78 is 0.893. The molecule has 2 rings (SSSR count). The summed E-state index contributed by atoms with van der Waals surface area (Å²) >= 11 is 4.68. The lowest BCUT2D eigenvalue weighted by molar-refractivity contribution is -0.120. The molecule has 1 heterocycles. The molecule has 0 unspecified atom stereocenters. The molecule has 7 heteroatoms. The fourth-order valence-electron chi connectivity index (χ4n) is 2.42. The van der Waals surface area contributed by atoms with Crippen molar-refractivity contribution in [2.45, 2.75) is 33.6 Å². The largest absolute Gasteiger partial charge is 0.326 e. The Kier molecular flexibility index (Phi) is 7.53. The number of hydrazone groups is 1. The molecule has 0 bridgehead atoms. The van der Waals surface area contributed by atoms with Crippen LogP contribution in [-0.2, 0) is 4.79 Å². The zero-order chi connectivity index (χ0) is 19.1. The first-order valence-corrected chi connectivity index (χ1v) is 10.1. The zero-order valence-corrected chi connectivity index (χ0v) is 17.4. The molecule has 0 saturated heterocycles. The third-order valence-corrected chi connectivity index (χ3v) is 5.65. The van der Waals surface area contributed by atoms with Crippen LogP contribution in [0.5, 0.6) is 0 Å². The Morgan fingerprint density at radius 3 is 2.54 bits per heavy atom. The standard InChI is InChI=1S/C19H22BrN3O2S/c1-4-13(5-2)18(24)21-15-8-6-7-14(11-15)12(3)22-23-19(25)16-9-10-17(20)26-16/h6-11,13H,4-5H2,1-3H3,(H,21,24)(H,23,25)/b22-12+. The van der Waals surface area contributed by atoms with Crippen LogP contribution < -0.4 is 10.7 Å². The van der Waals surface area contributed by atoms with Gasteiger partial charge in [0.1, 0.15) is 0 Å². The SMILES string of the molecule is CCC(CC)C(=O)Nc1cccc(/C(C)=N/NC(=O)c2ccc(Br)s2)c1. The van der Waals surface area contributed by atoms with Crippen molar-refractivity contribution in [3.05, 3.63) is 50.6 Å². The van der Waals surface area contributed by atoms with Gasteiger partial charge in [0.2, 0.25) is 5.91 Å². The second-order valence-electron chi connectivity index (χ2n) is 5.83. The molecule has 1 aromatic heterocycles. The molecule has 0 atom stereocenters. The van der Waals surface area contributed by atoms with Crippen LogP contribution in [0.2, 0.25) is 0 Å². The Bertz CT molecular complexity index is 813. The lowest BCUT2D eigenvalue weighted by atomic mass is 10.0. The summed E-state index contributed by atoms with van der Waals surface area (Å²) in [5, 5.41) is 7.11. The monoisotopic (exact) mass is 435 g/mol. The highest BCUT2D eigenvalue weighted by Gasteiger charge is 2.14. The Morgan fingerprint density at radius 2 is 1.92 bits per heavy atom. The van der Waals surface area contributed by atoms with Gasteiger partial charge >= 0.3 is 0 Å². The smallest absolute Gasteiger partial charge is 0.281 e. The first-order chi connectivity index (χ1) is 12.4. The number of hydrogen-bond acceptors (Lipinski definition) is 4. The van der Waals surface area contributed by atoms with Crippen LogP contribution in [0.4, 0.5) is 5.69 Å². The minimum Gasteiger partial charge on any atom is -0.326 e. The highest BCUT2D eigenvalue weighted by atomic mass is 79.9. The first-order valence-electron chi connectivity index (χ1n) is 8.45. The summed E-state index contributed by atoms with van der Waals surface area (Å²) in [7, 11) is 0. The van der Waals surface area contributed by atoms with Gasteiger partial charge in [-0.2, -0.15) is 5.10 Å². The molecule has 26 heavy (non-hydrogen) atoms. The van der Waals surface area contributed by atoms with E-state index in [2.05, 4.69) is 31.8 Å². The summed E-state index contributed by atoms with van der Waals surface area (Å²) in [4.78, 5) is 24.9. The zero-order valence-electron chi connectivity index (χ0n) is 15.0. The van der Waals surface area contributed by atoms with Crippen molar-refractivity contribution in [2.24, 2.45) is 11.0 Å². The van der Waals surface area contributed by atoms with E-state index < -0.39 is 0 Å². The van der Waals surface area contributed by atoms with E-state index in [1.165, 1.54) is 11.3 Å². The quantitative estimate of drug-likeness (QED) is 0.472. The molecule has 0 spiro atoms. The summed E-state index contributed by atoms with van der Waals surface area (Å²) in [6.07, 6.45) is 1.63. The number of carbonyl (C=O) groups excluding carboxylic acids is 2. The van der Waals surface area contributed by atoms with Crippen LogP contribution in [0.3, 0.4) is 0 Å². The normalized spacial score (nSPS) is 11.5. The Balaban J connectivity index is 2.06. The minimum atomic E-state index is -0.252. The fourth-order valence-corrected chi connectivity index (χ4v) is 3.69. The Morgan fingerprint density at radius 1 is 1.19 bits per heavy atom. The van der Waals surface area contributed by atoms with Crippen LogP contribution in [0.25, 0.3) is 0 Å². The number of benzene rings is 1. The molecule has 0 aliphatic carbocycles. The fraction of sp³-hybridized carbons (Fsp3) is 0.316. The van der Waals surface area contributed by atoms with E-state index in [1.54, 1.807) is 6.07 Å². The summed E-state index contributed by atoms with van der Waals surface area (Å²) in [6.45, 7) is 5.83. The van der Waals surface area contributed by atoms with Crippen LogP contribution in [0.15, 0.2) is 45.3 Å². The number of carbonyl (C=O) groups is 2. The number of hydrogen-bond donors (Lipinski definition) is 2. The average molecular weight is 436 g/mol. The molecule has 5 nitrogen and oxygen atoms in total. The maximum Gasteiger partial charge on any atom is 0.281 e. The molecule has 0 fully saturated rings. The van der Waals surface area contributed by atoms with E-state index in [9.17, 15) is 9.59 Å². The van der Waals surface area contributed by atoms with Crippen molar-refractivity contribution < 1.29 is 9.59 Å². The summed E-state index contributed by atoms with van der Waals surface area (Å²) in [5.74, 6) is -0.214. The molecule has 2 amide bonds. The molecule has 0 aliphatic heterocycles. The molecule has 1 aromatic carbocycles. The van der Waals surface area contributed by atoms with Gasteiger partial charge in [0, 0.05) is 11.6 Å². The van der Waals surface area contributed by atoms with Gasteiger partial charge in [0.05, 0.1) is 14.4 Å². The van der Waals surface area contributed by atoms with Gasteiger partial charge in [-0.25, -0.2) is 5.43 Å². The lowest BCUT2D eigenvalue weighted by Gasteiger charge is -2.13. The Hall–Kier alpha value is -1.99. The molecule has 2 N–H and O–H groups in total. The molecular formula is C19H22BrN3O2S.